The van der Waals surface area contributed by atoms with Crippen LogP contribution in [0.2, 0.25) is 10.0 Å². The molecule has 0 radical (unpaired) electrons. The SMILES string of the molecule is CCCC(=O)Nc1ccc(C(=O)NNC(=O)c2cc(Cl)cc(Cl)c2)cc1. The molecule has 0 aliphatic heterocycles. The van der Waals surface area contributed by atoms with Crippen LogP contribution in [0.5, 0.6) is 0 Å². The van der Waals surface area contributed by atoms with Gasteiger partial charge >= 0.3 is 0 Å². The summed E-state index contributed by atoms with van der Waals surface area (Å²) in [7, 11) is 0. The van der Waals surface area contributed by atoms with E-state index in [0.29, 0.717) is 27.7 Å². The van der Waals surface area contributed by atoms with Gasteiger partial charge in [0.15, 0.2) is 0 Å². The largest absolute Gasteiger partial charge is 0.326 e. The number of nitrogens with one attached hydrogen (secondary N) is 3. The zero-order chi connectivity index (χ0) is 19.1. The average Bonchev–Trinajstić information content (AvgIpc) is 2.59. The first-order valence-corrected chi connectivity index (χ1v) is 8.61. The smallest absolute Gasteiger partial charge is 0.269 e. The lowest BCUT2D eigenvalue weighted by atomic mass is 10.2. The van der Waals surface area contributed by atoms with Crippen LogP contribution >= 0.6 is 23.2 Å². The van der Waals surface area contributed by atoms with Gasteiger partial charge in [-0.3, -0.25) is 25.2 Å². The monoisotopic (exact) mass is 393 g/mol. The van der Waals surface area contributed by atoms with E-state index in [1.165, 1.54) is 18.2 Å². The summed E-state index contributed by atoms with van der Waals surface area (Å²) >= 11 is 11.7. The lowest BCUT2D eigenvalue weighted by molar-refractivity contribution is -0.116. The molecule has 8 heteroatoms. The summed E-state index contributed by atoms with van der Waals surface area (Å²) in [5.74, 6) is -1.14. The Morgan fingerprint density at radius 2 is 1.38 bits per heavy atom. The Balaban J connectivity index is 1.93. The van der Waals surface area contributed by atoms with Crippen LogP contribution in [0.15, 0.2) is 42.5 Å². The summed E-state index contributed by atoms with van der Waals surface area (Å²) in [6.07, 6.45) is 1.19. The van der Waals surface area contributed by atoms with Gasteiger partial charge in [-0.2, -0.15) is 0 Å². The van der Waals surface area contributed by atoms with Crippen molar-refractivity contribution in [3.05, 3.63) is 63.6 Å². The maximum Gasteiger partial charge on any atom is 0.269 e. The molecule has 3 N–H and O–H groups in total. The van der Waals surface area contributed by atoms with Crippen LogP contribution in [0, 0.1) is 0 Å². The number of benzene rings is 2. The lowest BCUT2D eigenvalue weighted by Crippen LogP contribution is -2.41. The second-order valence-corrected chi connectivity index (χ2v) is 6.31. The first-order valence-electron chi connectivity index (χ1n) is 7.85. The predicted molar refractivity (Wildman–Crippen MR) is 101 cm³/mol. The molecule has 0 spiro atoms. The molecule has 0 atom stereocenters. The quantitative estimate of drug-likeness (QED) is 0.674. The molecule has 0 bridgehead atoms. The molecule has 0 fully saturated rings. The van der Waals surface area contributed by atoms with Crippen molar-refractivity contribution < 1.29 is 14.4 Å². The van der Waals surface area contributed by atoms with Crippen molar-refractivity contribution in [3.63, 3.8) is 0 Å². The van der Waals surface area contributed by atoms with Gasteiger partial charge in [-0.1, -0.05) is 30.1 Å². The molecule has 0 aromatic heterocycles. The van der Waals surface area contributed by atoms with E-state index < -0.39 is 11.8 Å². The topological polar surface area (TPSA) is 87.3 Å². The van der Waals surface area contributed by atoms with Crippen LogP contribution in [-0.2, 0) is 4.79 Å². The van der Waals surface area contributed by atoms with Crippen LogP contribution in [0.1, 0.15) is 40.5 Å². The van der Waals surface area contributed by atoms with Crippen LogP contribution in [-0.4, -0.2) is 17.7 Å². The molecular weight excluding hydrogens is 377 g/mol. The summed E-state index contributed by atoms with van der Waals surface area (Å²) in [4.78, 5) is 35.7. The predicted octanol–water partition coefficient (Wildman–Crippen LogP) is 3.81. The molecule has 6 nitrogen and oxygen atoms in total. The van der Waals surface area contributed by atoms with E-state index in [1.807, 2.05) is 6.92 Å². The lowest BCUT2D eigenvalue weighted by Gasteiger charge is -2.09. The van der Waals surface area contributed by atoms with Gasteiger partial charge in [0.05, 0.1) is 0 Å². The molecule has 136 valence electrons. The van der Waals surface area contributed by atoms with Gasteiger partial charge in [0.25, 0.3) is 11.8 Å². The zero-order valence-corrected chi connectivity index (χ0v) is 15.4. The minimum atomic E-state index is -0.550. The van der Waals surface area contributed by atoms with Crippen LogP contribution in [0.25, 0.3) is 0 Å². The number of anilines is 1. The number of hydrogen-bond acceptors (Lipinski definition) is 3. The van der Waals surface area contributed by atoms with E-state index in [9.17, 15) is 14.4 Å². The summed E-state index contributed by atoms with van der Waals surface area (Å²) in [5.41, 5.74) is 5.73. The third-order valence-corrected chi connectivity index (χ3v) is 3.76. The number of carbonyl (C=O) groups excluding carboxylic acids is 3. The third kappa shape index (κ3) is 5.75. The summed E-state index contributed by atoms with van der Waals surface area (Å²) < 4.78 is 0. The maximum absolute atomic E-state index is 12.1. The standard InChI is InChI=1S/C18H17Cl2N3O3/c1-2-3-16(24)21-15-6-4-11(5-7-15)17(25)22-23-18(26)12-8-13(19)10-14(20)9-12/h4-10H,2-3H2,1H3,(H,21,24)(H,22,25)(H,23,26). The molecule has 26 heavy (non-hydrogen) atoms. The van der Waals surface area contributed by atoms with E-state index in [0.717, 1.165) is 6.42 Å². The number of carbonyl (C=O) groups is 3. The number of rotatable bonds is 5. The van der Waals surface area contributed by atoms with Crippen molar-refractivity contribution in [2.24, 2.45) is 0 Å². The second-order valence-electron chi connectivity index (χ2n) is 5.44. The minimum Gasteiger partial charge on any atom is -0.326 e. The first kappa shape index (κ1) is 19.8. The van der Waals surface area contributed by atoms with E-state index in [1.54, 1.807) is 24.3 Å². The van der Waals surface area contributed by atoms with Crippen molar-refractivity contribution in [3.8, 4) is 0 Å². The fraction of sp³-hybridized carbons (Fsp3) is 0.167. The number of amides is 3. The van der Waals surface area contributed by atoms with E-state index in [4.69, 9.17) is 23.2 Å². The van der Waals surface area contributed by atoms with Gasteiger partial charge in [-0.15, -0.1) is 0 Å². The Labute approximate surface area is 160 Å². The van der Waals surface area contributed by atoms with Gasteiger partial charge in [0.2, 0.25) is 5.91 Å². The highest BCUT2D eigenvalue weighted by molar-refractivity contribution is 6.35. The number of halogens is 2. The third-order valence-electron chi connectivity index (χ3n) is 3.32. The second kappa shape index (κ2) is 9.22. The molecular formula is C18H17Cl2N3O3. The molecule has 2 aromatic rings. The van der Waals surface area contributed by atoms with Crippen molar-refractivity contribution in [2.75, 3.05) is 5.32 Å². The Kier molecular flexibility index (Phi) is 7.00. The van der Waals surface area contributed by atoms with E-state index >= 15 is 0 Å². The number of hydrogen-bond donors (Lipinski definition) is 3. The first-order chi connectivity index (χ1) is 12.4. The molecule has 0 aliphatic rings. The summed E-state index contributed by atoms with van der Waals surface area (Å²) in [5, 5.41) is 3.35. The normalized spacial score (nSPS) is 10.1. The van der Waals surface area contributed by atoms with Crippen molar-refractivity contribution in [2.45, 2.75) is 19.8 Å². The molecule has 3 amide bonds. The Hall–Kier alpha value is -2.57. The maximum atomic E-state index is 12.1. The van der Waals surface area contributed by atoms with Crippen LogP contribution < -0.4 is 16.2 Å². The number of hydrazine groups is 1. The average molecular weight is 394 g/mol. The molecule has 0 saturated heterocycles. The molecule has 0 aliphatic carbocycles. The van der Waals surface area contributed by atoms with Gasteiger partial charge in [0, 0.05) is 33.3 Å². The fourth-order valence-corrected chi connectivity index (χ4v) is 2.62. The van der Waals surface area contributed by atoms with Gasteiger partial charge in [0.1, 0.15) is 0 Å². The van der Waals surface area contributed by atoms with Gasteiger partial charge < -0.3 is 5.32 Å². The summed E-state index contributed by atoms with van der Waals surface area (Å²) in [6, 6.07) is 10.7. The van der Waals surface area contributed by atoms with Gasteiger partial charge in [-0.05, 0) is 48.9 Å². The van der Waals surface area contributed by atoms with Crippen molar-refractivity contribution in [1.29, 1.82) is 0 Å². The molecule has 2 aromatic carbocycles. The molecule has 0 saturated carbocycles. The van der Waals surface area contributed by atoms with Crippen LogP contribution in [0.4, 0.5) is 5.69 Å². The van der Waals surface area contributed by atoms with E-state index in [-0.39, 0.29) is 11.5 Å². The summed E-state index contributed by atoms with van der Waals surface area (Å²) in [6.45, 7) is 1.92. The highest BCUT2D eigenvalue weighted by Crippen LogP contribution is 2.18. The zero-order valence-electron chi connectivity index (χ0n) is 13.9. The molecule has 2 rings (SSSR count). The van der Waals surface area contributed by atoms with Crippen molar-refractivity contribution >= 4 is 46.6 Å². The molecule has 0 heterocycles. The Bertz CT molecular complexity index is 803. The fourth-order valence-electron chi connectivity index (χ4n) is 2.10. The highest BCUT2D eigenvalue weighted by Gasteiger charge is 2.11. The van der Waals surface area contributed by atoms with Gasteiger partial charge in [-0.25, -0.2) is 0 Å². The highest BCUT2D eigenvalue weighted by atomic mass is 35.5. The van der Waals surface area contributed by atoms with Crippen molar-refractivity contribution in [1.82, 2.24) is 10.9 Å². The van der Waals surface area contributed by atoms with E-state index in [2.05, 4.69) is 16.2 Å². The Morgan fingerprint density at radius 3 is 1.92 bits per heavy atom. The molecule has 0 unspecified atom stereocenters. The minimum absolute atomic E-state index is 0.0860. The van der Waals surface area contributed by atoms with Crippen LogP contribution in [0.3, 0.4) is 0 Å². The Morgan fingerprint density at radius 1 is 0.846 bits per heavy atom.